The summed E-state index contributed by atoms with van der Waals surface area (Å²) in [5, 5.41) is 8.87. The molecule has 0 saturated heterocycles. The first-order chi connectivity index (χ1) is 12.3. The van der Waals surface area contributed by atoms with Gasteiger partial charge in [-0.1, -0.05) is 18.2 Å². The lowest BCUT2D eigenvalue weighted by molar-refractivity contribution is 0.260. The summed E-state index contributed by atoms with van der Waals surface area (Å²) in [7, 11) is 1.80. The minimum Gasteiger partial charge on any atom is -0.492 e. The quantitative estimate of drug-likeness (QED) is 0.274. The molecule has 1 aliphatic heterocycles. The van der Waals surface area contributed by atoms with Gasteiger partial charge >= 0.3 is 0 Å². The van der Waals surface area contributed by atoms with Gasteiger partial charge in [0.15, 0.2) is 5.96 Å². The van der Waals surface area contributed by atoms with Gasteiger partial charge in [0.05, 0.1) is 6.54 Å². The number of ether oxygens (including phenoxy) is 1. The molecule has 0 unspecified atom stereocenters. The second kappa shape index (κ2) is 11.4. The minimum atomic E-state index is 0. The predicted octanol–water partition coefficient (Wildman–Crippen LogP) is 2.97. The van der Waals surface area contributed by atoms with E-state index < -0.39 is 0 Å². The van der Waals surface area contributed by atoms with Gasteiger partial charge in [-0.05, 0) is 35.6 Å². The summed E-state index contributed by atoms with van der Waals surface area (Å²) >= 11 is 1.89. The first-order valence-corrected chi connectivity index (χ1v) is 9.63. The van der Waals surface area contributed by atoms with E-state index in [-0.39, 0.29) is 24.0 Å². The van der Waals surface area contributed by atoms with Crippen LogP contribution in [-0.4, -0.2) is 50.7 Å². The maximum absolute atomic E-state index is 5.67. The first kappa shape index (κ1) is 21.0. The third-order valence-electron chi connectivity index (χ3n) is 4.24. The van der Waals surface area contributed by atoms with Crippen LogP contribution in [0.3, 0.4) is 0 Å². The molecule has 7 heteroatoms. The Hall–Kier alpha value is -1.32. The lowest BCUT2D eigenvalue weighted by atomic mass is 10.1. The molecule has 26 heavy (non-hydrogen) atoms. The minimum absolute atomic E-state index is 0. The van der Waals surface area contributed by atoms with E-state index in [0.29, 0.717) is 6.61 Å². The highest BCUT2D eigenvalue weighted by atomic mass is 127. The summed E-state index contributed by atoms with van der Waals surface area (Å²) in [5.41, 5.74) is 1.50. The Kier molecular flexibility index (Phi) is 9.21. The van der Waals surface area contributed by atoms with Crippen LogP contribution < -0.4 is 15.4 Å². The van der Waals surface area contributed by atoms with Crippen LogP contribution in [0.1, 0.15) is 10.4 Å². The topological polar surface area (TPSA) is 48.9 Å². The third kappa shape index (κ3) is 6.44. The zero-order valence-corrected chi connectivity index (χ0v) is 18.3. The number of fused-ring (bicyclic) bond motifs is 1. The number of halogens is 1. The van der Waals surface area contributed by atoms with E-state index in [4.69, 9.17) is 4.74 Å². The Morgan fingerprint density at radius 2 is 2.00 bits per heavy atom. The number of nitrogens with zero attached hydrogens (tertiary/aromatic N) is 2. The molecule has 1 aliphatic rings. The van der Waals surface area contributed by atoms with Gasteiger partial charge in [0.1, 0.15) is 12.4 Å². The Balaban J connectivity index is 0.00000243. The molecule has 5 nitrogen and oxygen atoms in total. The highest BCUT2D eigenvalue weighted by Gasteiger charge is 2.16. The summed E-state index contributed by atoms with van der Waals surface area (Å²) in [6.45, 7) is 5.45. The predicted molar refractivity (Wildman–Crippen MR) is 120 cm³/mol. The number of rotatable bonds is 7. The number of guanidine groups is 1. The van der Waals surface area contributed by atoms with E-state index in [0.717, 1.165) is 44.4 Å². The molecule has 0 fully saturated rings. The molecular weight excluding hydrogens is 459 g/mol. The molecule has 3 rings (SSSR count). The van der Waals surface area contributed by atoms with Gasteiger partial charge in [0, 0.05) is 38.1 Å². The molecule has 0 amide bonds. The van der Waals surface area contributed by atoms with Gasteiger partial charge in [0.25, 0.3) is 0 Å². The number of benzene rings is 1. The van der Waals surface area contributed by atoms with Crippen molar-refractivity contribution in [2.45, 2.75) is 13.0 Å². The first-order valence-electron chi connectivity index (χ1n) is 8.75. The fourth-order valence-corrected chi connectivity index (χ4v) is 3.80. The van der Waals surface area contributed by atoms with E-state index >= 15 is 0 Å². The molecule has 2 N–H and O–H groups in total. The van der Waals surface area contributed by atoms with Crippen LogP contribution in [0.5, 0.6) is 5.75 Å². The van der Waals surface area contributed by atoms with Crippen LogP contribution in [0.4, 0.5) is 0 Å². The van der Waals surface area contributed by atoms with Crippen LogP contribution in [-0.2, 0) is 13.0 Å². The van der Waals surface area contributed by atoms with Crippen molar-refractivity contribution in [1.82, 2.24) is 15.5 Å². The van der Waals surface area contributed by atoms with Crippen molar-refractivity contribution in [2.75, 3.05) is 39.8 Å². The van der Waals surface area contributed by atoms with Crippen LogP contribution in [0, 0.1) is 0 Å². The summed E-state index contributed by atoms with van der Waals surface area (Å²) in [6.07, 6.45) is 1.18. The van der Waals surface area contributed by atoms with Gasteiger partial charge in [-0.15, -0.1) is 35.3 Å². The molecule has 2 heterocycles. The second-order valence-corrected chi connectivity index (χ2v) is 6.98. The highest BCUT2D eigenvalue weighted by Crippen LogP contribution is 2.23. The number of para-hydroxylation sites is 1. The maximum Gasteiger partial charge on any atom is 0.191 e. The molecule has 0 saturated carbocycles. The Morgan fingerprint density at radius 3 is 2.81 bits per heavy atom. The fourth-order valence-electron chi connectivity index (χ4n) is 2.91. The van der Waals surface area contributed by atoms with E-state index in [2.05, 4.69) is 32.0 Å². The average molecular weight is 486 g/mol. The molecule has 0 aliphatic carbocycles. The van der Waals surface area contributed by atoms with Crippen LogP contribution in [0.25, 0.3) is 0 Å². The summed E-state index contributed by atoms with van der Waals surface area (Å²) in [6, 6.07) is 12.1. The molecule has 0 bridgehead atoms. The smallest absolute Gasteiger partial charge is 0.191 e. The molecule has 1 aromatic heterocycles. The third-order valence-corrected chi connectivity index (χ3v) is 5.26. The largest absolute Gasteiger partial charge is 0.492 e. The van der Waals surface area contributed by atoms with Crippen LogP contribution >= 0.6 is 35.3 Å². The number of hydrogen-bond acceptors (Lipinski definition) is 4. The van der Waals surface area contributed by atoms with Gasteiger partial charge in [-0.25, -0.2) is 0 Å². The second-order valence-electron chi connectivity index (χ2n) is 5.98. The number of hydrogen-bond donors (Lipinski definition) is 2. The van der Waals surface area contributed by atoms with Gasteiger partial charge in [0.2, 0.25) is 0 Å². The molecule has 0 atom stereocenters. The summed E-state index contributed by atoms with van der Waals surface area (Å²) in [4.78, 5) is 8.31. The fraction of sp³-hybridized carbons (Fsp3) is 0.421. The SMILES string of the molecule is CN=C(NCCOc1ccccc1)NCCN1CCc2sccc2C1.I. The van der Waals surface area contributed by atoms with Crippen LogP contribution in [0.15, 0.2) is 46.8 Å². The highest BCUT2D eigenvalue weighted by molar-refractivity contribution is 14.0. The zero-order chi connectivity index (χ0) is 17.3. The Labute approximate surface area is 176 Å². The van der Waals surface area contributed by atoms with Crippen molar-refractivity contribution in [3.8, 4) is 5.75 Å². The lowest BCUT2D eigenvalue weighted by Crippen LogP contribution is -2.43. The lowest BCUT2D eigenvalue weighted by Gasteiger charge is -2.27. The van der Waals surface area contributed by atoms with E-state index in [1.807, 2.05) is 41.7 Å². The average Bonchev–Trinajstić information content (AvgIpc) is 3.12. The van der Waals surface area contributed by atoms with Gasteiger partial charge in [-0.3, -0.25) is 9.89 Å². The van der Waals surface area contributed by atoms with Crippen molar-refractivity contribution in [2.24, 2.45) is 4.99 Å². The summed E-state index contributed by atoms with van der Waals surface area (Å²) in [5.74, 6) is 1.72. The maximum atomic E-state index is 5.67. The Morgan fingerprint density at radius 1 is 1.19 bits per heavy atom. The van der Waals surface area contributed by atoms with Crippen molar-refractivity contribution >= 4 is 41.3 Å². The van der Waals surface area contributed by atoms with Crippen LogP contribution in [0.2, 0.25) is 0 Å². The molecule has 2 aromatic rings. The summed E-state index contributed by atoms with van der Waals surface area (Å²) < 4.78 is 5.67. The van der Waals surface area contributed by atoms with Crippen molar-refractivity contribution in [3.63, 3.8) is 0 Å². The number of thiophene rings is 1. The van der Waals surface area contributed by atoms with Gasteiger partial charge in [-0.2, -0.15) is 0 Å². The molecule has 1 aromatic carbocycles. The zero-order valence-electron chi connectivity index (χ0n) is 15.1. The van der Waals surface area contributed by atoms with Crippen molar-refractivity contribution < 1.29 is 4.74 Å². The van der Waals surface area contributed by atoms with Crippen molar-refractivity contribution in [1.29, 1.82) is 0 Å². The monoisotopic (exact) mass is 486 g/mol. The number of nitrogens with one attached hydrogen (secondary N) is 2. The number of aliphatic imine (C=N–C) groups is 1. The standard InChI is InChI=1S/C19H26N4OS.HI/c1-20-19(22-10-13-24-17-5-3-2-4-6-17)21-9-12-23-11-7-18-16(15-23)8-14-25-18;/h2-6,8,14H,7,9-13,15H2,1H3,(H2,20,21,22);1H. The van der Waals surface area contributed by atoms with E-state index in [9.17, 15) is 0 Å². The van der Waals surface area contributed by atoms with E-state index in [1.165, 1.54) is 12.0 Å². The van der Waals surface area contributed by atoms with Crippen molar-refractivity contribution in [3.05, 3.63) is 52.2 Å². The molecule has 142 valence electrons. The molecule has 0 spiro atoms. The van der Waals surface area contributed by atoms with Gasteiger partial charge < -0.3 is 15.4 Å². The normalized spacial score (nSPS) is 14.3. The van der Waals surface area contributed by atoms with E-state index in [1.54, 1.807) is 11.9 Å². The molecular formula is C19H27IN4OS. The Bertz CT molecular complexity index is 677. The molecule has 0 radical (unpaired) electrons.